The summed E-state index contributed by atoms with van der Waals surface area (Å²) >= 11 is 0. The molecule has 0 atom stereocenters. The Kier molecular flexibility index (Phi) is 6.08. The highest BCUT2D eigenvalue weighted by atomic mass is 32.2. The van der Waals surface area contributed by atoms with Crippen molar-refractivity contribution in [2.24, 2.45) is 7.05 Å². The number of para-hydroxylation sites is 1. The first kappa shape index (κ1) is 22.1. The number of aryl methyl sites for hydroxylation is 1. The molecule has 7 nitrogen and oxygen atoms in total. The Balaban J connectivity index is 1.52. The lowest BCUT2D eigenvalue weighted by Crippen LogP contribution is -2.30. The van der Waals surface area contributed by atoms with Gasteiger partial charge < -0.3 is 14.9 Å². The summed E-state index contributed by atoms with van der Waals surface area (Å²) in [6.07, 6.45) is 2.69. The molecule has 4 aromatic rings. The van der Waals surface area contributed by atoms with Crippen molar-refractivity contribution >= 4 is 37.7 Å². The van der Waals surface area contributed by atoms with Crippen LogP contribution in [0.4, 0.5) is 0 Å². The number of rotatable bonds is 8. The van der Waals surface area contributed by atoms with Gasteiger partial charge in [-0.05, 0) is 42.3 Å². The first-order valence-electron chi connectivity index (χ1n) is 10.8. The second kappa shape index (κ2) is 8.80. The van der Waals surface area contributed by atoms with Gasteiger partial charge in [0, 0.05) is 54.7 Å². The molecular formula is C24H28N4O3S. The van der Waals surface area contributed by atoms with Gasteiger partial charge in [0.05, 0.1) is 4.90 Å². The number of aromatic amines is 1. The molecule has 2 heterocycles. The number of hydrogen-bond acceptors (Lipinski definition) is 3. The standard InChI is InChI=1S/C24H28N4O3S/c1-4-28(5-2)32(30,31)19-10-11-22-18(14-19)15-23(27(22)3)24(29)25-13-12-17-16-26-21-9-7-6-8-20(17)21/h6-11,14-16,26H,4-5,12-13H2,1-3H3,(H,25,29). The van der Waals surface area contributed by atoms with Gasteiger partial charge in [0.1, 0.15) is 5.69 Å². The van der Waals surface area contributed by atoms with Gasteiger partial charge in [-0.2, -0.15) is 4.31 Å². The van der Waals surface area contributed by atoms with Gasteiger partial charge in [0.25, 0.3) is 5.91 Å². The molecule has 0 saturated heterocycles. The van der Waals surface area contributed by atoms with Crippen LogP contribution < -0.4 is 5.32 Å². The molecule has 0 spiro atoms. The van der Waals surface area contributed by atoms with Crippen molar-refractivity contribution < 1.29 is 13.2 Å². The quantitative estimate of drug-likeness (QED) is 0.428. The molecule has 0 radical (unpaired) electrons. The number of aromatic nitrogens is 2. The van der Waals surface area contributed by atoms with Crippen LogP contribution in [-0.2, 0) is 23.5 Å². The zero-order chi connectivity index (χ0) is 22.9. The van der Waals surface area contributed by atoms with Gasteiger partial charge in [0.2, 0.25) is 10.0 Å². The van der Waals surface area contributed by atoms with Crippen LogP contribution >= 0.6 is 0 Å². The zero-order valence-corrected chi connectivity index (χ0v) is 19.4. The van der Waals surface area contributed by atoms with Crippen LogP contribution in [0.5, 0.6) is 0 Å². The van der Waals surface area contributed by atoms with E-state index in [1.807, 2.05) is 45.3 Å². The summed E-state index contributed by atoms with van der Waals surface area (Å²) in [5, 5.41) is 4.87. The lowest BCUT2D eigenvalue weighted by atomic mass is 10.1. The highest BCUT2D eigenvalue weighted by molar-refractivity contribution is 7.89. The third-order valence-corrected chi connectivity index (χ3v) is 7.99. The van der Waals surface area contributed by atoms with E-state index in [0.717, 1.165) is 27.4 Å². The van der Waals surface area contributed by atoms with Crippen molar-refractivity contribution in [3.63, 3.8) is 0 Å². The van der Waals surface area contributed by atoms with Crippen LogP contribution in [0.3, 0.4) is 0 Å². The van der Waals surface area contributed by atoms with E-state index in [1.165, 1.54) is 4.31 Å². The van der Waals surface area contributed by atoms with Crippen molar-refractivity contribution in [2.45, 2.75) is 25.2 Å². The average Bonchev–Trinajstić information content (AvgIpc) is 3.35. The third kappa shape index (κ3) is 3.91. The molecule has 2 aromatic heterocycles. The summed E-state index contributed by atoms with van der Waals surface area (Å²) in [7, 11) is -1.74. The molecule has 0 fully saturated rings. The van der Waals surface area contributed by atoms with Crippen LogP contribution in [0, 0.1) is 0 Å². The van der Waals surface area contributed by atoms with Gasteiger partial charge in [-0.15, -0.1) is 0 Å². The van der Waals surface area contributed by atoms with E-state index >= 15 is 0 Å². The maximum atomic E-state index is 12.8. The first-order chi connectivity index (χ1) is 15.4. The monoisotopic (exact) mass is 452 g/mol. The SMILES string of the molecule is CCN(CC)S(=O)(=O)c1ccc2c(c1)cc(C(=O)NCCc1c[nH]c3ccccc13)n2C. The Morgan fingerprint density at radius 2 is 1.84 bits per heavy atom. The molecule has 2 aromatic carbocycles. The number of carbonyl (C=O) groups excluding carboxylic acids is 1. The van der Waals surface area contributed by atoms with Crippen molar-refractivity contribution in [3.05, 3.63) is 66.0 Å². The predicted octanol–water partition coefficient (Wildman–Crippen LogP) is 3.66. The summed E-state index contributed by atoms with van der Waals surface area (Å²) in [5.41, 5.74) is 3.55. The predicted molar refractivity (Wildman–Crippen MR) is 127 cm³/mol. The fourth-order valence-electron chi connectivity index (χ4n) is 4.16. The van der Waals surface area contributed by atoms with Gasteiger partial charge in [-0.1, -0.05) is 32.0 Å². The van der Waals surface area contributed by atoms with Crippen molar-refractivity contribution in [1.82, 2.24) is 19.2 Å². The summed E-state index contributed by atoms with van der Waals surface area (Å²) in [6.45, 7) is 4.97. The smallest absolute Gasteiger partial charge is 0.267 e. The zero-order valence-electron chi connectivity index (χ0n) is 18.6. The van der Waals surface area contributed by atoms with Gasteiger partial charge in [-0.25, -0.2) is 8.42 Å². The van der Waals surface area contributed by atoms with E-state index in [4.69, 9.17) is 0 Å². The van der Waals surface area contributed by atoms with E-state index in [1.54, 1.807) is 28.8 Å². The van der Waals surface area contributed by atoms with E-state index in [0.29, 0.717) is 31.7 Å². The van der Waals surface area contributed by atoms with Gasteiger partial charge >= 0.3 is 0 Å². The third-order valence-electron chi connectivity index (χ3n) is 5.94. The maximum Gasteiger partial charge on any atom is 0.267 e. The number of carbonyl (C=O) groups is 1. The minimum Gasteiger partial charge on any atom is -0.361 e. The van der Waals surface area contributed by atoms with Gasteiger partial charge in [0.15, 0.2) is 0 Å². The number of H-pyrrole nitrogens is 1. The maximum absolute atomic E-state index is 12.8. The molecule has 0 aliphatic heterocycles. The Morgan fingerprint density at radius 3 is 2.59 bits per heavy atom. The second-order valence-electron chi connectivity index (χ2n) is 7.76. The number of nitrogens with one attached hydrogen (secondary N) is 2. The van der Waals surface area contributed by atoms with Crippen LogP contribution in [0.15, 0.2) is 59.6 Å². The minimum absolute atomic E-state index is 0.184. The van der Waals surface area contributed by atoms with Crippen LogP contribution in [0.25, 0.3) is 21.8 Å². The fraction of sp³-hybridized carbons (Fsp3) is 0.292. The number of hydrogen-bond donors (Lipinski definition) is 2. The Hall–Kier alpha value is -3.10. The lowest BCUT2D eigenvalue weighted by Gasteiger charge is -2.18. The van der Waals surface area contributed by atoms with Crippen LogP contribution in [0.1, 0.15) is 29.9 Å². The van der Waals surface area contributed by atoms with E-state index in [9.17, 15) is 13.2 Å². The summed E-state index contributed by atoms with van der Waals surface area (Å²) in [4.78, 5) is 16.3. The molecule has 2 N–H and O–H groups in total. The number of benzene rings is 2. The normalized spacial score (nSPS) is 12.1. The number of nitrogens with zero attached hydrogens (tertiary/aromatic N) is 2. The molecule has 4 rings (SSSR count). The average molecular weight is 453 g/mol. The number of sulfonamides is 1. The highest BCUT2D eigenvalue weighted by Gasteiger charge is 2.23. The topological polar surface area (TPSA) is 87.2 Å². The van der Waals surface area contributed by atoms with E-state index < -0.39 is 10.0 Å². The molecule has 0 bridgehead atoms. The molecule has 0 saturated carbocycles. The Labute approximate surface area is 188 Å². The molecule has 168 valence electrons. The first-order valence-corrected chi connectivity index (χ1v) is 12.2. The molecule has 8 heteroatoms. The number of fused-ring (bicyclic) bond motifs is 2. The van der Waals surface area contributed by atoms with Crippen LogP contribution in [0.2, 0.25) is 0 Å². The van der Waals surface area contributed by atoms with Crippen LogP contribution in [-0.4, -0.2) is 47.8 Å². The van der Waals surface area contributed by atoms with Crippen molar-refractivity contribution in [1.29, 1.82) is 0 Å². The highest BCUT2D eigenvalue weighted by Crippen LogP contribution is 2.25. The largest absolute Gasteiger partial charge is 0.361 e. The van der Waals surface area contributed by atoms with E-state index in [-0.39, 0.29) is 10.8 Å². The molecule has 1 amide bonds. The molecule has 0 unspecified atom stereocenters. The molecular weight excluding hydrogens is 424 g/mol. The molecule has 0 aliphatic rings. The van der Waals surface area contributed by atoms with Crippen molar-refractivity contribution in [2.75, 3.05) is 19.6 Å². The summed E-state index contributed by atoms with van der Waals surface area (Å²) in [5.74, 6) is -0.184. The summed E-state index contributed by atoms with van der Waals surface area (Å²) in [6, 6.07) is 14.8. The minimum atomic E-state index is -3.55. The second-order valence-corrected chi connectivity index (χ2v) is 9.70. The molecule has 32 heavy (non-hydrogen) atoms. The van der Waals surface area contributed by atoms with Crippen molar-refractivity contribution in [3.8, 4) is 0 Å². The summed E-state index contributed by atoms with van der Waals surface area (Å²) < 4.78 is 28.9. The fourth-order valence-corrected chi connectivity index (χ4v) is 5.65. The van der Waals surface area contributed by atoms with Gasteiger partial charge in [-0.3, -0.25) is 4.79 Å². The number of amides is 1. The Morgan fingerprint density at radius 1 is 1.09 bits per heavy atom. The Bertz CT molecular complexity index is 1380. The lowest BCUT2D eigenvalue weighted by molar-refractivity contribution is 0.0946. The molecule has 0 aliphatic carbocycles. The van der Waals surface area contributed by atoms with E-state index in [2.05, 4.69) is 16.4 Å².